The van der Waals surface area contributed by atoms with Gasteiger partial charge in [-0.15, -0.1) is 11.3 Å². The lowest BCUT2D eigenvalue weighted by atomic mass is 9.76. The molecule has 0 fully saturated rings. The van der Waals surface area contributed by atoms with Crippen molar-refractivity contribution in [2.24, 2.45) is 0 Å². The van der Waals surface area contributed by atoms with E-state index in [4.69, 9.17) is 0 Å². The molecule has 0 saturated heterocycles. The fourth-order valence-electron chi connectivity index (χ4n) is 5.37. The molecule has 0 saturated carbocycles. The van der Waals surface area contributed by atoms with Crippen LogP contribution in [0.2, 0.25) is 0 Å². The fraction of sp³-hybridized carbons (Fsp3) is 0.0909. The maximum Gasteiger partial charge on any atom is 0.0355 e. The third kappa shape index (κ3) is 3.36. The zero-order chi connectivity index (χ0) is 23.6. The van der Waals surface area contributed by atoms with Crippen molar-refractivity contribution in [3.05, 3.63) is 120 Å². The summed E-state index contributed by atoms with van der Waals surface area (Å²) in [4.78, 5) is 2.72. The Bertz CT molecular complexity index is 1740. The molecule has 7 rings (SSSR count). The highest BCUT2D eigenvalue weighted by atomic mass is 32.2. The van der Waals surface area contributed by atoms with Crippen LogP contribution in [0.5, 0.6) is 0 Å². The van der Waals surface area contributed by atoms with Crippen LogP contribution in [0.1, 0.15) is 25.0 Å². The summed E-state index contributed by atoms with van der Waals surface area (Å²) >= 11 is 3.78. The monoisotopic (exact) mass is 484 g/mol. The van der Waals surface area contributed by atoms with E-state index in [9.17, 15) is 0 Å². The Hall–Kier alpha value is -3.33. The molecule has 0 unspecified atom stereocenters. The molecule has 6 aromatic rings. The largest absolute Gasteiger partial charge is 0.135 e. The topological polar surface area (TPSA) is 0 Å². The van der Waals surface area contributed by atoms with E-state index in [0.29, 0.717) is 0 Å². The van der Waals surface area contributed by atoms with Crippen molar-refractivity contribution >= 4 is 43.3 Å². The third-order valence-corrected chi connectivity index (χ3v) is 9.65. The van der Waals surface area contributed by atoms with Gasteiger partial charge < -0.3 is 0 Å². The lowest BCUT2D eigenvalue weighted by Crippen LogP contribution is -2.23. The van der Waals surface area contributed by atoms with Gasteiger partial charge in [-0.3, -0.25) is 0 Å². The van der Waals surface area contributed by atoms with Crippen LogP contribution in [0, 0.1) is 0 Å². The minimum atomic E-state index is -0.0735. The summed E-state index contributed by atoms with van der Waals surface area (Å²) < 4.78 is 2.71. The molecule has 1 aliphatic rings. The van der Waals surface area contributed by atoms with E-state index < -0.39 is 0 Å². The van der Waals surface area contributed by atoms with Gasteiger partial charge in [0.05, 0.1) is 0 Å². The van der Waals surface area contributed by atoms with Crippen LogP contribution >= 0.6 is 23.1 Å². The van der Waals surface area contributed by atoms with Gasteiger partial charge in [-0.2, -0.15) is 0 Å². The van der Waals surface area contributed by atoms with Gasteiger partial charge in [0.15, 0.2) is 0 Å². The van der Waals surface area contributed by atoms with Gasteiger partial charge >= 0.3 is 0 Å². The second-order valence-electron chi connectivity index (χ2n) is 9.82. The van der Waals surface area contributed by atoms with Gasteiger partial charge in [0.2, 0.25) is 0 Å². The molecule has 1 aliphatic heterocycles. The Balaban J connectivity index is 1.34. The van der Waals surface area contributed by atoms with Crippen molar-refractivity contribution in [2.75, 3.05) is 0 Å². The molecular weight excluding hydrogens is 460 g/mol. The lowest BCUT2D eigenvalue weighted by molar-refractivity contribution is 0.608. The standard InChI is InChI=1S/C33H24S2/c1-33(2)27-19-23(21-8-4-3-5-9-21)13-16-31(27)35-32-17-14-24(20-28(32)33)22-12-15-30-26(18-22)25-10-6-7-11-29(25)34-30/h3-20H,1-2H3. The Morgan fingerprint density at radius 1 is 0.486 bits per heavy atom. The minimum Gasteiger partial charge on any atom is -0.135 e. The first-order valence-corrected chi connectivity index (χ1v) is 13.7. The summed E-state index contributed by atoms with van der Waals surface area (Å²) in [5, 5.41) is 2.71. The summed E-state index contributed by atoms with van der Waals surface area (Å²) in [5.74, 6) is 0. The number of rotatable bonds is 2. The van der Waals surface area contributed by atoms with E-state index in [1.54, 1.807) is 0 Å². The number of fused-ring (bicyclic) bond motifs is 5. The first-order chi connectivity index (χ1) is 17.1. The molecule has 5 aromatic carbocycles. The zero-order valence-corrected chi connectivity index (χ0v) is 21.3. The van der Waals surface area contributed by atoms with E-state index in [-0.39, 0.29) is 5.41 Å². The SMILES string of the molecule is CC1(C)c2cc(-c3ccccc3)ccc2Sc2ccc(-c3ccc4sc5ccccc5c4c3)cc21. The van der Waals surface area contributed by atoms with E-state index in [0.717, 1.165) is 0 Å². The van der Waals surface area contributed by atoms with E-state index in [1.165, 1.54) is 63.3 Å². The van der Waals surface area contributed by atoms with Crippen molar-refractivity contribution in [3.8, 4) is 22.3 Å². The molecule has 0 radical (unpaired) electrons. The number of hydrogen-bond acceptors (Lipinski definition) is 2. The van der Waals surface area contributed by atoms with Crippen molar-refractivity contribution in [2.45, 2.75) is 29.1 Å². The van der Waals surface area contributed by atoms with Crippen LogP contribution in [0.15, 0.2) is 119 Å². The van der Waals surface area contributed by atoms with Crippen LogP contribution in [0.4, 0.5) is 0 Å². The molecule has 2 heteroatoms. The molecule has 35 heavy (non-hydrogen) atoms. The Morgan fingerprint density at radius 2 is 1.06 bits per heavy atom. The third-order valence-electron chi connectivity index (χ3n) is 7.34. The van der Waals surface area contributed by atoms with Crippen LogP contribution in [0.25, 0.3) is 42.4 Å². The molecule has 0 bridgehead atoms. The van der Waals surface area contributed by atoms with Gasteiger partial charge in [-0.1, -0.05) is 92.3 Å². The quantitative estimate of drug-likeness (QED) is 0.235. The van der Waals surface area contributed by atoms with Crippen LogP contribution in [-0.2, 0) is 5.41 Å². The average Bonchev–Trinajstić information content (AvgIpc) is 3.27. The highest BCUT2D eigenvalue weighted by molar-refractivity contribution is 7.99. The van der Waals surface area contributed by atoms with Crippen LogP contribution in [-0.4, -0.2) is 0 Å². The predicted octanol–water partition coefficient (Wildman–Crippen LogP) is 10.2. The summed E-state index contributed by atoms with van der Waals surface area (Å²) in [6.45, 7) is 4.75. The first-order valence-electron chi connectivity index (χ1n) is 12.0. The van der Waals surface area contributed by atoms with Gasteiger partial charge in [-0.25, -0.2) is 0 Å². The van der Waals surface area contributed by atoms with Gasteiger partial charge in [0, 0.05) is 35.4 Å². The molecule has 0 aliphatic carbocycles. The van der Waals surface area contributed by atoms with Gasteiger partial charge in [-0.05, 0) is 75.8 Å². The molecule has 0 amide bonds. The highest BCUT2D eigenvalue weighted by Crippen LogP contribution is 2.51. The molecule has 0 N–H and O–H groups in total. The minimum absolute atomic E-state index is 0.0735. The van der Waals surface area contributed by atoms with Crippen molar-refractivity contribution in [3.63, 3.8) is 0 Å². The Labute approximate surface area is 214 Å². The number of hydrogen-bond donors (Lipinski definition) is 0. The smallest absolute Gasteiger partial charge is 0.0355 e. The van der Waals surface area contributed by atoms with E-state index in [2.05, 4.69) is 123 Å². The molecule has 0 atom stereocenters. The predicted molar refractivity (Wildman–Crippen MR) is 153 cm³/mol. The maximum absolute atomic E-state index is 2.43. The molecule has 0 spiro atoms. The fourth-order valence-corrected chi connectivity index (χ4v) is 7.82. The second-order valence-corrected chi connectivity index (χ2v) is 12.0. The maximum atomic E-state index is 2.43. The summed E-state index contributed by atoms with van der Waals surface area (Å²) in [5.41, 5.74) is 7.88. The molecular formula is C33H24S2. The second kappa shape index (κ2) is 7.84. The van der Waals surface area contributed by atoms with Crippen LogP contribution < -0.4 is 0 Å². The first kappa shape index (κ1) is 21.0. The molecule has 0 nitrogen and oxygen atoms in total. The molecule has 2 heterocycles. The zero-order valence-electron chi connectivity index (χ0n) is 19.7. The Morgan fingerprint density at radius 3 is 1.80 bits per heavy atom. The highest BCUT2D eigenvalue weighted by Gasteiger charge is 2.33. The van der Waals surface area contributed by atoms with Gasteiger partial charge in [0.25, 0.3) is 0 Å². The number of benzene rings is 5. The summed E-state index contributed by atoms with van der Waals surface area (Å²) in [7, 11) is 0. The van der Waals surface area contributed by atoms with E-state index >= 15 is 0 Å². The normalized spacial score (nSPS) is 14.1. The van der Waals surface area contributed by atoms with Crippen LogP contribution in [0.3, 0.4) is 0 Å². The van der Waals surface area contributed by atoms with E-state index in [1.807, 2.05) is 23.1 Å². The Kier molecular flexibility index (Phi) is 4.70. The van der Waals surface area contributed by atoms with Crippen molar-refractivity contribution in [1.82, 2.24) is 0 Å². The molecule has 168 valence electrons. The summed E-state index contributed by atoms with van der Waals surface area (Å²) in [6, 6.07) is 40.4. The summed E-state index contributed by atoms with van der Waals surface area (Å²) in [6.07, 6.45) is 0. The average molecular weight is 485 g/mol. The lowest BCUT2D eigenvalue weighted by Gasteiger charge is -2.35. The molecule has 1 aromatic heterocycles. The van der Waals surface area contributed by atoms with Gasteiger partial charge in [0.1, 0.15) is 0 Å². The van der Waals surface area contributed by atoms with Crippen molar-refractivity contribution < 1.29 is 0 Å². The number of thiophene rings is 1. The van der Waals surface area contributed by atoms with Crippen molar-refractivity contribution in [1.29, 1.82) is 0 Å².